The summed E-state index contributed by atoms with van der Waals surface area (Å²) in [5.74, 6) is -1.72. The molecule has 0 fully saturated rings. The molecule has 0 aliphatic rings. The van der Waals surface area contributed by atoms with Crippen LogP contribution in [0.15, 0.2) is 12.2 Å². The lowest BCUT2D eigenvalue weighted by Crippen LogP contribution is -2.28. The third kappa shape index (κ3) is 30.9. The number of carbonyl (C=O) groups excluding carboxylic acids is 2. The van der Waals surface area contributed by atoms with Gasteiger partial charge in [0.1, 0.15) is 0 Å². The highest BCUT2D eigenvalue weighted by Gasteiger charge is 2.18. The van der Waals surface area contributed by atoms with Gasteiger partial charge in [0, 0.05) is 6.42 Å². The minimum atomic E-state index is -4.67. The van der Waals surface area contributed by atoms with Gasteiger partial charge in [-0.15, -0.1) is 0 Å². The molecule has 0 saturated heterocycles. The Kier molecular flexibility index (Phi) is 22.5. The van der Waals surface area contributed by atoms with Crippen molar-refractivity contribution >= 4 is 22.3 Å². The van der Waals surface area contributed by atoms with Crippen LogP contribution in [0.5, 0.6) is 0 Å². The maximum absolute atomic E-state index is 11.4. The summed E-state index contributed by atoms with van der Waals surface area (Å²) in [5, 5.41) is 17.6. The molecule has 0 saturated carbocycles. The van der Waals surface area contributed by atoms with E-state index in [9.17, 15) is 9.59 Å². The molecule has 0 heterocycles. The molecule has 4 N–H and O–H groups in total. The molecule has 1 atom stereocenters. The van der Waals surface area contributed by atoms with Crippen LogP contribution in [0.25, 0.3) is 0 Å². The maximum Gasteiger partial charge on any atom is 0.394 e. The molecule has 1 unspecified atom stereocenters. The van der Waals surface area contributed by atoms with Crippen molar-refractivity contribution in [2.75, 3.05) is 6.61 Å². The van der Waals surface area contributed by atoms with Gasteiger partial charge in [-0.25, -0.2) is 4.79 Å². The predicted molar refractivity (Wildman–Crippen MR) is 118 cm³/mol. The average Bonchev–Trinajstić information content (AvgIpc) is 2.68. The van der Waals surface area contributed by atoms with Crippen molar-refractivity contribution in [2.45, 2.75) is 103 Å². The molecule has 9 nitrogen and oxygen atoms in total. The number of hydrogen-bond donors (Lipinski definition) is 4. The van der Waals surface area contributed by atoms with Crippen molar-refractivity contribution in [1.82, 2.24) is 0 Å². The Labute approximate surface area is 186 Å². The van der Waals surface area contributed by atoms with Crippen molar-refractivity contribution in [3.63, 3.8) is 0 Å². The second kappa shape index (κ2) is 21.9. The Morgan fingerprint density at radius 2 is 1.26 bits per heavy atom. The summed E-state index contributed by atoms with van der Waals surface area (Å²) < 4.78 is 36.0. The fraction of sp³-hybridized carbons (Fsp3) is 0.810. The van der Waals surface area contributed by atoms with Gasteiger partial charge in [0.25, 0.3) is 0 Å². The number of aliphatic hydroxyl groups is 2. The largest absolute Gasteiger partial charge is 0.394 e. The van der Waals surface area contributed by atoms with Crippen LogP contribution in [-0.2, 0) is 24.7 Å². The third-order valence-electron chi connectivity index (χ3n) is 4.30. The summed E-state index contributed by atoms with van der Waals surface area (Å²) in [6.07, 6.45) is 18.4. The normalized spacial score (nSPS) is 12.3. The van der Waals surface area contributed by atoms with Crippen LogP contribution in [0, 0.1) is 0 Å². The highest BCUT2D eigenvalue weighted by atomic mass is 32.3. The zero-order valence-corrected chi connectivity index (χ0v) is 19.4. The lowest BCUT2D eigenvalue weighted by Gasteiger charge is -2.06. The van der Waals surface area contributed by atoms with Crippen LogP contribution >= 0.6 is 0 Å². The van der Waals surface area contributed by atoms with Crippen molar-refractivity contribution in [3.8, 4) is 0 Å². The average molecular weight is 469 g/mol. The van der Waals surface area contributed by atoms with Gasteiger partial charge in [-0.3, -0.25) is 13.9 Å². The molecule has 31 heavy (non-hydrogen) atoms. The summed E-state index contributed by atoms with van der Waals surface area (Å²) in [6.45, 7) is 1.51. The van der Waals surface area contributed by atoms with E-state index in [-0.39, 0.29) is 6.42 Å². The van der Waals surface area contributed by atoms with Gasteiger partial charge < -0.3 is 14.9 Å². The highest BCUT2D eigenvalue weighted by molar-refractivity contribution is 7.79. The Morgan fingerprint density at radius 3 is 1.71 bits per heavy atom. The second-order valence-corrected chi connectivity index (χ2v) is 8.17. The molecular weight excluding hydrogens is 428 g/mol. The summed E-state index contributed by atoms with van der Waals surface area (Å²) >= 11 is 0. The standard InChI is InChI=1S/C21H38O5.H2O4S/c1-2-3-4-5-6-7-8-9-10-11-12-13-14-15-16-17-20(24)26-21(25)19(23)18-22;1-5(2,3)4/h9-10,19,22-23H,2-8,11-18H2,1H3;(H2,1,2,3,4)/b10-9-;. The third-order valence-corrected chi connectivity index (χ3v) is 4.30. The topological polar surface area (TPSA) is 158 Å². The molecule has 0 spiro atoms. The van der Waals surface area contributed by atoms with Gasteiger partial charge >= 0.3 is 22.3 Å². The molecule has 10 heteroatoms. The maximum atomic E-state index is 11.4. The van der Waals surface area contributed by atoms with Crippen LogP contribution in [0.1, 0.15) is 96.8 Å². The van der Waals surface area contributed by atoms with E-state index in [2.05, 4.69) is 23.8 Å². The smallest absolute Gasteiger partial charge is 0.393 e. The van der Waals surface area contributed by atoms with Crippen LogP contribution in [0.4, 0.5) is 0 Å². The van der Waals surface area contributed by atoms with E-state index in [1.807, 2.05) is 0 Å². The SMILES string of the molecule is CCCCCCCC/C=C\CCCCCCCC(=O)OC(=O)C(O)CO.O=S(=O)(O)O. The van der Waals surface area contributed by atoms with Crippen LogP contribution in [0.2, 0.25) is 0 Å². The molecule has 0 radical (unpaired) electrons. The lowest BCUT2D eigenvalue weighted by atomic mass is 10.1. The van der Waals surface area contributed by atoms with Crippen LogP contribution < -0.4 is 0 Å². The molecular formula is C21H40O9S. The van der Waals surface area contributed by atoms with Gasteiger partial charge in [0.05, 0.1) is 6.61 Å². The highest BCUT2D eigenvalue weighted by Crippen LogP contribution is 2.10. The summed E-state index contributed by atoms with van der Waals surface area (Å²) in [5.41, 5.74) is 0. The van der Waals surface area contributed by atoms with E-state index in [4.69, 9.17) is 27.7 Å². The van der Waals surface area contributed by atoms with Gasteiger partial charge in [-0.1, -0.05) is 70.4 Å². The van der Waals surface area contributed by atoms with Crippen LogP contribution in [-0.4, -0.2) is 52.4 Å². The molecule has 0 bridgehead atoms. The Hall–Kier alpha value is -1.33. The summed E-state index contributed by atoms with van der Waals surface area (Å²) in [4.78, 5) is 22.4. The number of aliphatic hydroxyl groups excluding tert-OH is 2. The number of rotatable bonds is 17. The van der Waals surface area contributed by atoms with E-state index in [0.29, 0.717) is 6.42 Å². The van der Waals surface area contributed by atoms with E-state index < -0.39 is 35.0 Å². The minimum Gasteiger partial charge on any atom is -0.393 e. The zero-order chi connectivity index (χ0) is 24.0. The number of allylic oxidation sites excluding steroid dienone is 2. The molecule has 0 amide bonds. The van der Waals surface area contributed by atoms with E-state index in [0.717, 1.165) is 25.7 Å². The van der Waals surface area contributed by atoms with Crippen molar-refractivity contribution in [3.05, 3.63) is 12.2 Å². The second-order valence-electron chi connectivity index (χ2n) is 7.27. The van der Waals surface area contributed by atoms with Crippen molar-refractivity contribution < 1.29 is 42.1 Å². The molecule has 0 aromatic rings. The van der Waals surface area contributed by atoms with E-state index in [1.54, 1.807) is 0 Å². The number of hydrogen-bond acceptors (Lipinski definition) is 7. The predicted octanol–water partition coefficient (Wildman–Crippen LogP) is 3.79. The Morgan fingerprint density at radius 1 is 0.839 bits per heavy atom. The number of carbonyl (C=O) groups is 2. The molecule has 0 rings (SSSR count). The lowest BCUT2D eigenvalue weighted by molar-refractivity contribution is -0.167. The first-order chi connectivity index (χ1) is 14.6. The molecule has 184 valence electrons. The summed E-state index contributed by atoms with van der Waals surface area (Å²) in [7, 11) is -4.67. The Balaban J connectivity index is 0. The van der Waals surface area contributed by atoms with Crippen LogP contribution in [0.3, 0.4) is 0 Å². The molecule has 0 aromatic carbocycles. The minimum absolute atomic E-state index is 0.169. The first-order valence-corrected chi connectivity index (χ1v) is 12.4. The summed E-state index contributed by atoms with van der Waals surface area (Å²) in [6, 6.07) is 0. The van der Waals surface area contributed by atoms with Gasteiger partial charge in [-0.2, -0.15) is 8.42 Å². The number of unbranched alkanes of at least 4 members (excludes halogenated alkanes) is 11. The number of ether oxygens (including phenoxy) is 1. The van der Waals surface area contributed by atoms with Gasteiger partial charge in [0.15, 0.2) is 6.10 Å². The molecule has 0 aromatic heterocycles. The first-order valence-electron chi connectivity index (χ1n) is 11.0. The Bertz CT molecular complexity index is 565. The zero-order valence-electron chi connectivity index (χ0n) is 18.6. The monoisotopic (exact) mass is 468 g/mol. The van der Waals surface area contributed by atoms with E-state index >= 15 is 0 Å². The first kappa shape index (κ1) is 31.9. The number of esters is 2. The fourth-order valence-electron chi connectivity index (χ4n) is 2.65. The fourth-order valence-corrected chi connectivity index (χ4v) is 2.65. The van der Waals surface area contributed by atoms with Gasteiger partial charge in [0.2, 0.25) is 0 Å². The molecule has 0 aliphatic carbocycles. The quantitative estimate of drug-likeness (QED) is 0.0818. The van der Waals surface area contributed by atoms with Crippen molar-refractivity contribution in [2.24, 2.45) is 0 Å². The van der Waals surface area contributed by atoms with Gasteiger partial charge in [-0.05, 0) is 32.1 Å². The molecule has 0 aliphatic heterocycles. The van der Waals surface area contributed by atoms with E-state index in [1.165, 1.54) is 51.4 Å². The van der Waals surface area contributed by atoms with Crippen molar-refractivity contribution in [1.29, 1.82) is 0 Å².